The van der Waals surface area contributed by atoms with Gasteiger partial charge < -0.3 is 20.3 Å². The van der Waals surface area contributed by atoms with Crippen molar-refractivity contribution in [2.24, 2.45) is 0 Å². The molecule has 1 aliphatic rings. The van der Waals surface area contributed by atoms with Gasteiger partial charge in [0.1, 0.15) is 0 Å². The Hall–Kier alpha value is -1.34. The summed E-state index contributed by atoms with van der Waals surface area (Å²) >= 11 is 12.0. The van der Waals surface area contributed by atoms with E-state index < -0.39 is 11.9 Å². The molecule has 122 valence electrons. The van der Waals surface area contributed by atoms with Crippen molar-refractivity contribution in [3.63, 3.8) is 0 Å². The van der Waals surface area contributed by atoms with Crippen LogP contribution in [0.4, 0.5) is 0 Å². The fourth-order valence-electron chi connectivity index (χ4n) is 1.86. The molecule has 1 aliphatic heterocycles. The molecule has 0 aromatic heterocycles. The van der Waals surface area contributed by atoms with Crippen molar-refractivity contribution in [1.29, 1.82) is 0 Å². The van der Waals surface area contributed by atoms with Gasteiger partial charge in [-0.3, -0.25) is 0 Å². The number of halogens is 2. The largest absolute Gasteiger partial charge is 0.473 e. The second-order valence-electron chi connectivity index (χ2n) is 4.59. The molecule has 0 spiro atoms. The second-order valence-corrected chi connectivity index (χ2v) is 5.37. The van der Waals surface area contributed by atoms with Crippen LogP contribution in [-0.4, -0.2) is 41.4 Å². The van der Waals surface area contributed by atoms with Crippen LogP contribution in [0.3, 0.4) is 0 Å². The fourth-order valence-corrected chi connectivity index (χ4v) is 2.25. The molecule has 1 atom stereocenters. The molecule has 6 nitrogen and oxygen atoms in total. The Kier molecular flexibility index (Phi) is 8.19. The summed E-state index contributed by atoms with van der Waals surface area (Å²) in [7, 11) is 0. The van der Waals surface area contributed by atoms with Gasteiger partial charge in [0.15, 0.2) is 0 Å². The van der Waals surface area contributed by atoms with Crippen molar-refractivity contribution in [1.82, 2.24) is 5.32 Å². The van der Waals surface area contributed by atoms with E-state index >= 15 is 0 Å². The Bertz CT molecular complexity index is 506. The van der Waals surface area contributed by atoms with E-state index in [9.17, 15) is 0 Å². The van der Waals surface area contributed by atoms with Crippen molar-refractivity contribution < 1.29 is 24.5 Å². The molecule has 8 heteroatoms. The molecule has 1 saturated heterocycles. The van der Waals surface area contributed by atoms with Gasteiger partial charge in [0.25, 0.3) is 0 Å². The van der Waals surface area contributed by atoms with E-state index in [0.29, 0.717) is 16.1 Å². The Morgan fingerprint density at radius 2 is 1.95 bits per heavy atom. The number of carboxylic acids is 2. The zero-order valence-corrected chi connectivity index (χ0v) is 13.2. The molecule has 0 bridgehead atoms. The van der Waals surface area contributed by atoms with Gasteiger partial charge in [-0.25, -0.2) is 9.59 Å². The van der Waals surface area contributed by atoms with E-state index in [1.165, 1.54) is 6.42 Å². The van der Waals surface area contributed by atoms with Gasteiger partial charge in [0.2, 0.25) is 0 Å². The molecule has 2 rings (SSSR count). The van der Waals surface area contributed by atoms with Gasteiger partial charge in [0.05, 0.1) is 16.1 Å². The lowest BCUT2D eigenvalue weighted by Crippen LogP contribution is -2.25. The third-order valence-corrected chi connectivity index (χ3v) is 3.78. The zero-order chi connectivity index (χ0) is 16.5. The monoisotopic (exact) mass is 349 g/mol. The Labute approximate surface area is 138 Å². The number of hydrogen-bond donors (Lipinski definition) is 3. The Balaban J connectivity index is 0.000000346. The normalized spacial score (nSPS) is 16.7. The summed E-state index contributed by atoms with van der Waals surface area (Å²) < 4.78 is 5.52. The molecule has 0 amide bonds. The highest BCUT2D eigenvalue weighted by Crippen LogP contribution is 2.25. The average molecular weight is 350 g/mol. The summed E-state index contributed by atoms with van der Waals surface area (Å²) in [6, 6.07) is 5.70. The van der Waals surface area contributed by atoms with Crippen molar-refractivity contribution in [3.8, 4) is 0 Å². The fraction of sp³-hybridized carbons (Fsp3) is 0.429. The number of rotatable bonds is 4. The summed E-state index contributed by atoms with van der Waals surface area (Å²) in [4.78, 5) is 18.2. The van der Waals surface area contributed by atoms with Gasteiger partial charge in [0, 0.05) is 19.7 Å². The topological polar surface area (TPSA) is 95.9 Å². The highest BCUT2D eigenvalue weighted by Gasteiger charge is 2.14. The Morgan fingerprint density at radius 3 is 2.50 bits per heavy atom. The van der Waals surface area contributed by atoms with Crippen LogP contribution in [0.25, 0.3) is 0 Å². The molecule has 22 heavy (non-hydrogen) atoms. The maximum Gasteiger partial charge on any atom is 0.414 e. The van der Waals surface area contributed by atoms with E-state index in [-0.39, 0.29) is 0 Å². The molecular formula is C14H17Cl2NO5. The van der Waals surface area contributed by atoms with Crippen LogP contribution in [-0.2, 0) is 20.9 Å². The van der Waals surface area contributed by atoms with Gasteiger partial charge >= 0.3 is 11.9 Å². The quantitative estimate of drug-likeness (QED) is 0.722. The molecule has 1 aromatic rings. The standard InChI is InChI=1S/C12H15Cl2NO.C2H2O4/c13-11-5-1-3-9(12(11)14)7-15-8-10-4-2-6-16-10;3-1(4)2(5)6/h1,3,5,10,15H,2,4,6-8H2;(H,3,4)(H,5,6). The second kappa shape index (κ2) is 9.63. The zero-order valence-electron chi connectivity index (χ0n) is 11.7. The molecule has 1 fully saturated rings. The molecular weight excluding hydrogens is 333 g/mol. The smallest absolute Gasteiger partial charge is 0.414 e. The van der Waals surface area contributed by atoms with Gasteiger partial charge in [-0.05, 0) is 24.5 Å². The predicted octanol–water partition coefficient (Wildman–Crippen LogP) is 2.42. The Morgan fingerprint density at radius 1 is 1.27 bits per heavy atom. The van der Waals surface area contributed by atoms with Crippen LogP contribution in [0.5, 0.6) is 0 Å². The number of benzene rings is 1. The van der Waals surface area contributed by atoms with Gasteiger partial charge in [-0.2, -0.15) is 0 Å². The maximum atomic E-state index is 9.10. The number of nitrogens with one attached hydrogen (secondary N) is 1. The van der Waals surface area contributed by atoms with Crippen molar-refractivity contribution >= 4 is 35.1 Å². The summed E-state index contributed by atoms with van der Waals surface area (Å²) in [5.41, 5.74) is 1.03. The summed E-state index contributed by atoms with van der Waals surface area (Å²) in [5, 5.41) is 19.4. The highest BCUT2D eigenvalue weighted by molar-refractivity contribution is 6.42. The third kappa shape index (κ3) is 6.62. The van der Waals surface area contributed by atoms with E-state index in [1.807, 2.05) is 12.1 Å². The first kappa shape index (κ1) is 18.7. The van der Waals surface area contributed by atoms with Crippen LogP contribution in [0.15, 0.2) is 18.2 Å². The van der Waals surface area contributed by atoms with Crippen LogP contribution in [0, 0.1) is 0 Å². The number of aliphatic carboxylic acids is 2. The molecule has 0 saturated carbocycles. The SMILES string of the molecule is Clc1cccc(CNCC2CCCO2)c1Cl.O=C(O)C(=O)O. The highest BCUT2D eigenvalue weighted by atomic mass is 35.5. The molecule has 1 unspecified atom stereocenters. The first-order chi connectivity index (χ1) is 10.4. The molecule has 3 N–H and O–H groups in total. The van der Waals surface area contributed by atoms with E-state index in [0.717, 1.165) is 31.7 Å². The first-order valence-corrected chi connectivity index (χ1v) is 7.38. The maximum absolute atomic E-state index is 9.10. The molecule has 1 heterocycles. The van der Waals surface area contributed by atoms with Crippen molar-refractivity contribution in [2.45, 2.75) is 25.5 Å². The van der Waals surface area contributed by atoms with Crippen LogP contribution >= 0.6 is 23.2 Å². The number of hydrogen-bond acceptors (Lipinski definition) is 4. The van der Waals surface area contributed by atoms with Crippen LogP contribution in [0.1, 0.15) is 18.4 Å². The predicted molar refractivity (Wildman–Crippen MR) is 82.4 cm³/mol. The average Bonchev–Trinajstić information content (AvgIpc) is 2.97. The first-order valence-electron chi connectivity index (χ1n) is 6.63. The summed E-state index contributed by atoms with van der Waals surface area (Å²) in [6.45, 7) is 2.51. The van der Waals surface area contributed by atoms with E-state index in [4.69, 9.17) is 47.7 Å². The lowest BCUT2D eigenvalue weighted by Gasteiger charge is -2.11. The number of carbonyl (C=O) groups is 2. The van der Waals surface area contributed by atoms with Gasteiger partial charge in [-0.1, -0.05) is 35.3 Å². The molecule has 1 aromatic carbocycles. The van der Waals surface area contributed by atoms with Crippen LogP contribution < -0.4 is 5.32 Å². The minimum Gasteiger partial charge on any atom is -0.473 e. The van der Waals surface area contributed by atoms with Gasteiger partial charge in [-0.15, -0.1) is 0 Å². The van der Waals surface area contributed by atoms with Crippen molar-refractivity contribution in [2.75, 3.05) is 13.2 Å². The third-order valence-electron chi connectivity index (χ3n) is 2.93. The minimum absolute atomic E-state index is 0.359. The number of carboxylic acid groups (broad SMARTS) is 2. The number of ether oxygens (including phenoxy) is 1. The van der Waals surface area contributed by atoms with Crippen molar-refractivity contribution in [3.05, 3.63) is 33.8 Å². The lowest BCUT2D eigenvalue weighted by atomic mass is 10.2. The summed E-state index contributed by atoms with van der Waals surface area (Å²) in [5.74, 6) is -3.65. The minimum atomic E-state index is -1.82. The molecule has 0 aliphatic carbocycles. The van der Waals surface area contributed by atoms with Crippen LogP contribution in [0.2, 0.25) is 10.0 Å². The lowest BCUT2D eigenvalue weighted by molar-refractivity contribution is -0.159. The summed E-state index contributed by atoms with van der Waals surface area (Å²) in [6.07, 6.45) is 2.68. The van der Waals surface area contributed by atoms with E-state index in [1.54, 1.807) is 6.07 Å². The molecule has 0 radical (unpaired) electrons. The van der Waals surface area contributed by atoms with E-state index in [2.05, 4.69) is 5.32 Å².